The first kappa shape index (κ1) is 13.6. The normalized spacial score (nSPS) is 11.7. The first-order chi connectivity index (χ1) is 9.11. The smallest absolute Gasteiger partial charge is 0.0992 e. The Hall–Kier alpha value is -1.79. The fourth-order valence-electron chi connectivity index (χ4n) is 2.09. The molecule has 0 spiro atoms. The highest BCUT2D eigenvalue weighted by Crippen LogP contribution is 2.28. The van der Waals surface area contributed by atoms with Gasteiger partial charge in [0.15, 0.2) is 0 Å². The summed E-state index contributed by atoms with van der Waals surface area (Å²) in [6.45, 7) is 4.24. The summed E-state index contributed by atoms with van der Waals surface area (Å²) in [6.07, 6.45) is 0. The Labute approximate surface area is 122 Å². The molecule has 0 aliphatic carbocycles. The van der Waals surface area contributed by atoms with Crippen LogP contribution in [0, 0.1) is 18.3 Å². The van der Waals surface area contributed by atoms with E-state index in [0.29, 0.717) is 5.56 Å². The van der Waals surface area contributed by atoms with Crippen LogP contribution in [0.1, 0.15) is 29.7 Å². The molecular weight excluding hydrogens is 300 g/mol. The second kappa shape index (κ2) is 5.90. The summed E-state index contributed by atoms with van der Waals surface area (Å²) in [5, 5.41) is 12.3. The fourth-order valence-corrected chi connectivity index (χ4v) is 2.58. The summed E-state index contributed by atoms with van der Waals surface area (Å²) in [7, 11) is 0. The van der Waals surface area contributed by atoms with Gasteiger partial charge in [0.2, 0.25) is 0 Å². The highest BCUT2D eigenvalue weighted by Gasteiger charge is 2.09. The predicted octanol–water partition coefficient (Wildman–Crippen LogP) is 4.80. The van der Waals surface area contributed by atoms with E-state index in [1.807, 2.05) is 30.3 Å². The van der Waals surface area contributed by atoms with Gasteiger partial charge >= 0.3 is 0 Å². The third-order valence-corrected chi connectivity index (χ3v) is 3.78. The average molecular weight is 315 g/mol. The minimum absolute atomic E-state index is 0.213. The molecule has 2 nitrogen and oxygen atoms in total. The minimum Gasteiger partial charge on any atom is -0.378 e. The second-order valence-corrected chi connectivity index (χ2v) is 5.38. The van der Waals surface area contributed by atoms with E-state index in [1.165, 1.54) is 11.1 Å². The monoisotopic (exact) mass is 314 g/mol. The number of nitrogens with zero attached hydrogens (tertiary/aromatic N) is 1. The summed E-state index contributed by atoms with van der Waals surface area (Å²) in [6, 6.07) is 16.3. The van der Waals surface area contributed by atoms with Crippen molar-refractivity contribution in [2.45, 2.75) is 19.9 Å². The summed E-state index contributed by atoms with van der Waals surface area (Å²) >= 11 is 3.49. The van der Waals surface area contributed by atoms with E-state index in [-0.39, 0.29) is 6.04 Å². The highest BCUT2D eigenvalue weighted by atomic mass is 79.9. The molecule has 1 atom stereocenters. The zero-order chi connectivity index (χ0) is 13.8. The fraction of sp³-hybridized carbons (Fsp3) is 0.188. The molecule has 2 rings (SSSR count). The number of hydrogen-bond acceptors (Lipinski definition) is 2. The van der Waals surface area contributed by atoms with Crippen LogP contribution in [-0.2, 0) is 0 Å². The van der Waals surface area contributed by atoms with E-state index in [4.69, 9.17) is 5.26 Å². The molecule has 96 valence electrons. The van der Waals surface area contributed by atoms with Crippen molar-refractivity contribution < 1.29 is 0 Å². The Morgan fingerprint density at radius 1 is 1.21 bits per heavy atom. The van der Waals surface area contributed by atoms with Gasteiger partial charge in [-0.15, -0.1) is 0 Å². The van der Waals surface area contributed by atoms with Crippen LogP contribution in [0.4, 0.5) is 5.69 Å². The van der Waals surface area contributed by atoms with Gasteiger partial charge < -0.3 is 5.32 Å². The van der Waals surface area contributed by atoms with Crippen molar-refractivity contribution in [3.8, 4) is 6.07 Å². The van der Waals surface area contributed by atoms with Crippen molar-refractivity contribution >= 4 is 21.6 Å². The molecule has 0 heterocycles. The van der Waals surface area contributed by atoms with Gasteiger partial charge in [-0.1, -0.05) is 24.3 Å². The lowest BCUT2D eigenvalue weighted by Gasteiger charge is -2.18. The lowest BCUT2D eigenvalue weighted by Crippen LogP contribution is -2.08. The number of hydrogen-bond donors (Lipinski definition) is 1. The van der Waals surface area contributed by atoms with E-state index in [9.17, 15) is 0 Å². The first-order valence-electron chi connectivity index (χ1n) is 6.13. The molecule has 1 N–H and O–H groups in total. The van der Waals surface area contributed by atoms with Crippen LogP contribution < -0.4 is 5.32 Å². The van der Waals surface area contributed by atoms with Gasteiger partial charge in [0.1, 0.15) is 0 Å². The maximum absolute atomic E-state index is 8.86. The minimum atomic E-state index is 0.213. The van der Waals surface area contributed by atoms with Crippen molar-refractivity contribution in [3.63, 3.8) is 0 Å². The number of nitriles is 1. The summed E-state index contributed by atoms with van der Waals surface area (Å²) in [5.74, 6) is 0. The zero-order valence-electron chi connectivity index (χ0n) is 10.9. The Bertz CT molecular complexity index is 629. The van der Waals surface area contributed by atoms with Crippen molar-refractivity contribution in [1.82, 2.24) is 0 Å². The summed E-state index contributed by atoms with van der Waals surface area (Å²) in [4.78, 5) is 0. The molecule has 2 aromatic rings. The van der Waals surface area contributed by atoms with E-state index in [1.54, 1.807) is 0 Å². The predicted molar refractivity (Wildman–Crippen MR) is 82.1 cm³/mol. The van der Waals surface area contributed by atoms with Gasteiger partial charge in [0.05, 0.1) is 11.6 Å². The maximum Gasteiger partial charge on any atom is 0.0992 e. The standard InChI is InChI=1S/C16H15BrN2/c1-11-5-3-4-6-14(11)12(2)19-16-8-7-13(10-18)9-15(16)17/h3-9,12,19H,1-2H3. The maximum atomic E-state index is 8.86. The van der Waals surface area contributed by atoms with Crippen molar-refractivity contribution in [3.05, 3.63) is 63.6 Å². The lowest BCUT2D eigenvalue weighted by molar-refractivity contribution is 0.873. The molecule has 0 amide bonds. The SMILES string of the molecule is Cc1ccccc1C(C)Nc1ccc(C#N)cc1Br. The molecule has 0 saturated heterocycles. The van der Waals surface area contributed by atoms with Gasteiger partial charge in [-0.3, -0.25) is 0 Å². The average Bonchev–Trinajstić information content (AvgIpc) is 2.41. The van der Waals surface area contributed by atoms with E-state index in [0.717, 1.165) is 10.2 Å². The lowest BCUT2D eigenvalue weighted by atomic mass is 10.0. The topological polar surface area (TPSA) is 35.8 Å². The Morgan fingerprint density at radius 3 is 2.58 bits per heavy atom. The third-order valence-electron chi connectivity index (χ3n) is 3.13. The Morgan fingerprint density at radius 2 is 1.95 bits per heavy atom. The van der Waals surface area contributed by atoms with Gasteiger partial charge in [0.25, 0.3) is 0 Å². The highest BCUT2D eigenvalue weighted by molar-refractivity contribution is 9.10. The van der Waals surface area contributed by atoms with E-state index in [2.05, 4.69) is 53.3 Å². The quantitative estimate of drug-likeness (QED) is 0.883. The summed E-state index contributed by atoms with van der Waals surface area (Å²) in [5.41, 5.74) is 4.20. The van der Waals surface area contributed by atoms with Crippen LogP contribution in [0.15, 0.2) is 46.9 Å². The molecule has 0 aliphatic heterocycles. The largest absolute Gasteiger partial charge is 0.378 e. The number of rotatable bonds is 3. The summed E-state index contributed by atoms with van der Waals surface area (Å²) < 4.78 is 0.909. The second-order valence-electron chi connectivity index (χ2n) is 4.53. The van der Waals surface area contributed by atoms with Crippen LogP contribution in [0.2, 0.25) is 0 Å². The number of benzene rings is 2. The van der Waals surface area contributed by atoms with Crippen molar-refractivity contribution in [1.29, 1.82) is 5.26 Å². The molecule has 0 saturated carbocycles. The van der Waals surface area contributed by atoms with Gasteiger partial charge in [-0.2, -0.15) is 5.26 Å². The molecule has 0 fully saturated rings. The number of aryl methyl sites for hydroxylation is 1. The number of anilines is 1. The van der Waals surface area contributed by atoms with Crippen LogP contribution in [-0.4, -0.2) is 0 Å². The van der Waals surface area contributed by atoms with Gasteiger partial charge in [-0.05, 0) is 59.1 Å². The molecule has 1 unspecified atom stereocenters. The van der Waals surface area contributed by atoms with Crippen molar-refractivity contribution in [2.24, 2.45) is 0 Å². The van der Waals surface area contributed by atoms with Crippen LogP contribution >= 0.6 is 15.9 Å². The Kier molecular flexibility index (Phi) is 4.24. The van der Waals surface area contributed by atoms with Crippen LogP contribution in [0.3, 0.4) is 0 Å². The number of nitrogens with one attached hydrogen (secondary N) is 1. The molecular formula is C16H15BrN2. The molecule has 19 heavy (non-hydrogen) atoms. The molecule has 2 aromatic carbocycles. The Balaban J connectivity index is 2.22. The van der Waals surface area contributed by atoms with Gasteiger partial charge in [-0.25, -0.2) is 0 Å². The number of halogens is 1. The molecule has 3 heteroatoms. The molecule has 0 bridgehead atoms. The van der Waals surface area contributed by atoms with E-state index >= 15 is 0 Å². The third kappa shape index (κ3) is 3.15. The van der Waals surface area contributed by atoms with Gasteiger partial charge in [0, 0.05) is 16.2 Å². The first-order valence-corrected chi connectivity index (χ1v) is 6.93. The van der Waals surface area contributed by atoms with E-state index < -0.39 is 0 Å². The molecule has 0 aliphatic rings. The molecule has 0 aromatic heterocycles. The van der Waals surface area contributed by atoms with Crippen molar-refractivity contribution in [2.75, 3.05) is 5.32 Å². The van der Waals surface area contributed by atoms with Crippen LogP contribution in [0.5, 0.6) is 0 Å². The van der Waals surface area contributed by atoms with Crippen LogP contribution in [0.25, 0.3) is 0 Å². The zero-order valence-corrected chi connectivity index (χ0v) is 12.5. The molecule has 0 radical (unpaired) electrons.